The van der Waals surface area contributed by atoms with Gasteiger partial charge in [0.2, 0.25) is 0 Å². The zero-order chi connectivity index (χ0) is 8.69. The second-order valence-electron chi connectivity index (χ2n) is 2.24. The van der Waals surface area contributed by atoms with Gasteiger partial charge in [0.15, 0.2) is 0 Å². The molecule has 0 saturated heterocycles. The lowest BCUT2D eigenvalue weighted by molar-refractivity contribution is -0.136. The summed E-state index contributed by atoms with van der Waals surface area (Å²) in [6, 6.07) is 0. The molecule has 0 rings (SSSR count). The van der Waals surface area contributed by atoms with Gasteiger partial charge in [0.1, 0.15) is 0 Å². The van der Waals surface area contributed by atoms with E-state index in [9.17, 15) is 4.79 Å². The zero-order valence-electron chi connectivity index (χ0n) is 6.62. The topological polar surface area (TPSA) is 37.3 Å². The quantitative estimate of drug-likeness (QED) is 0.501. The Hall–Kier alpha value is 0.170. The number of aliphatic carboxylic acids is 1. The van der Waals surface area contributed by atoms with Gasteiger partial charge in [-0.3, -0.25) is 4.79 Å². The molecule has 0 aromatic heterocycles. The number of thioether (sulfide) groups is 1. The Labute approximate surface area is 77.2 Å². The molecule has 0 fully saturated rings. The van der Waals surface area contributed by atoms with Gasteiger partial charge >= 0.3 is 5.97 Å². The molecule has 0 aliphatic carbocycles. The zero-order valence-corrected chi connectivity index (χ0v) is 8.33. The van der Waals surface area contributed by atoms with Crippen molar-refractivity contribution in [1.29, 1.82) is 0 Å². The Bertz CT molecular complexity index is 117. The highest BCUT2D eigenvalue weighted by Crippen LogP contribution is 2.11. The number of carboxylic acids is 1. The number of carbonyl (C=O) groups is 1. The predicted octanol–water partition coefficient (Wildman–Crippen LogP) is 1.90. The van der Waals surface area contributed by atoms with Crippen molar-refractivity contribution >= 4 is 30.4 Å². The minimum atomic E-state index is -0.758. The van der Waals surface area contributed by atoms with Crippen LogP contribution in [-0.2, 0) is 4.79 Å². The minimum Gasteiger partial charge on any atom is -0.481 e. The molecule has 4 heteroatoms. The van der Waals surface area contributed by atoms with E-state index in [0.29, 0.717) is 0 Å². The molecule has 11 heavy (non-hydrogen) atoms. The first-order chi connectivity index (χ1) is 5.16. The summed E-state index contributed by atoms with van der Waals surface area (Å²) >= 11 is 5.97. The molecule has 0 aliphatic rings. The minimum absolute atomic E-state index is 0.0200. The molecule has 0 heterocycles. The van der Waals surface area contributed by atoms with Crippen LogP contribution in [0, 0.1) is 0 Å². The van der Waals surface area contributed by atoms with Crippen LogP contribution in [0.5, 0.6) is 0 Å². The normalized spacial score (nSPS) is 12.9. The van der Waals surface area contributed by atoms with Gasteiger partial charge in [0.05, 0.1) is 6.42 Å². The van der Waals surface area contributed by atoms with Crippen LogP contribution in [0.3, 0.4) is 0 Å². The van der Waals surface area contributed by atoms with Gasteiger partial charge in [-0.25, -0.2) is 0 Å². The van der Waals surface area contributed by atoms with Crippen LogP contribution in [-0.4, -0.2) is 27.8 Å². The van der Waals surface area contributed by atoms with Crippen LogP contribution in [0.15, 0.2) is 0 Å². The average molecular weight is 194 g/mol. The summed E-state index contributed by atoms with van der Waals surface area (Å²) in [6.07, 6.45) is 1.06. The van der Waals surface area contributed by atoms with Crippen LogP contribution in [0.1, 0.15) is 19.8 Å². The van der Waals surface area contributed by atoms with E-state index in [0.717, 1.165) is 17.9 Å². The maximum absolute atomic E-state index is 10.2. The lowest BCUT2D eigenvalue weighted by Gasteiger charge is -2.05. The molecule has 0 spiro atoms. The summed E-state index contributed by atoms with van der Waals surface area (Å²) in [5, 5.41) is 8.40. The van der Waals surface area contributed by atoms with E-state index in [1.54, 1.807) is 0 Å². The van der Waals surface area contributed by atoms with Gasteiger partial charge in [-0.1, -0.05) is 6.92 Å². The molecular formula is C7H14O2S2. The van der Waals surface area contributed by atoms with Crippen molar-refractivity contribution in [3.8, 4) is 0 Å². The third-order valence-corrected chi connectivity index (χ3v) is 2.58. The lowest BCUT2D eigenvalue weighted by Crippen LogP contribution is -2.07. The summed E-state index contributed by atoms with van der Waals surface area (Å²) in [5.74, 6) is 1.34. The third-order valence-electron chi connectivity index (χ3n) is 1.21. The Kier molecular flexibility index (Phi) is 6.96. The summed E-state index contributed by atoms with van der Waals surface area (Å²) < 4.78 is 0. The highest BCUT2D eigenvalue weighted by molar-refractivity contribution is 7.99. The summed E-state index contributed by atoms with van der Waals surface area (Å²) in [5.41, 5.74) is 0. The molecule has 1 N–H and O–H groups in total. The first-order valence-electron chi connectivity index (χ1n) is 3.64. The number of hydrogen-bond donors (Lipinski definition) is 2. The Morgan fingerprint density at radius 1 is 1.73 bits per heavy atom. The van der Waals surface area contributed by atoms with Crippen LogP contribution in [0.2, 0.25) is 0 Å². The van der Waals surface area contributed by atoms with Crippen molar-refractivity contribution in [2.75, 3.05) is 11.5 Å². The van der Waals surface area contributed by atoms with Crippen molar-refractivity contribution in [2.45, 2.75) is 25.0 Å². The molecule has 1 unspecified atom stereocenters. The molecule has 2 nitrogen and oxygen atoms in total. The third kappa shape index (κ3) is 8.07. The monoisotopic (exact) mass is 194 g/mol. The fraction of sp³-hybridized carbons (Fsp3) is 0.857. The number of rotatable bonds is 6. The lowest BCUT2D eigenvalue weighted by atomic mass is 10.2. The van der Waals surface area contributed by atoms with Gasteiger partial charge in [0, 0.05) is 5.25 Å². The molecule has 0 aliphatic heterocycles. The van der Waals surface area contributed by atoms with Crippen molar-refractivity contribution in [1.82, 2.24) is 0 Å². The maximum atomic E-state index is 10.2. The van der Waals surface area contributed by atoms with Crippen LogP contribution in [0.25, 0.3) is 0 Å². The summed E-state index contributed by atoms with van der Waals surface area (Å²) in [7, 11) is 0. The molecule has 1 atom stereocenters. The molecule has 0 aromatic rings. The number of thiol groups is 1. The first kappa shape index (κ1) is 11.2. The van der Waals surface area contributed by atoms with E-state index in [-0.39, 0.29) is 11.7 Å². The maximum Gasteiger partial charge on any atom is 0.304 e. The molecule has 0 aromatic carbocycles. The first-order valence-corrected chi connectivity index (χ1v) is 5.31. The Morgan fingerprint density at radius 3 is 2.82 bits per heavy atom. The second kappa shape index (κ2) is 6.85. The van der Waals surface area contributed by atoms with Crippen molar-refractivity contribution < 1.29 is 9.90 Å². The van der Waals surface area contributed by atoms with Crippen LogP contribution < -0.4 is 0 Å². The van der Waals surface area contributed by atoms with Gasteiger partial charge in [-0.2, -0.15) is 24.4 Å². The van der Waals surface area contributed by atoms with Crippen molar-refractivity contribution in [2.24, 2.45) is 0 Å². The van der Waals surface area contributed by atoms with Gasteiger partial charge in [-0.15, -0.1) is 0 Å². The van der Waals surface area contributed by atoms with E-state index < -0.39 is 5.97 Å². The standard InChI is InChI=1S/C7H14O2S2/c1-2-11-4-3-6(10)5-7(8)9/h6,10H,2-5H2,1H3,(H,8,9). The number of hydrogen-bond acceptors (Lipinski definition) is 3. The van der Waals surface area contributed by atoms with Crippen LogP contribution >= 0.6 is 24.4 Å². The van der Waals surface area contributed by atoms with Crippen LogP contribution in [0.4, 0.5) is 0 Å². The molecule has 66 valence electrons. The molecular weight excluding hydrogens is 180 g/mol. The largest absolute Gasteiger partial charge is 0.481 e. The Morgan fingerprint density at radius 2 is 2.36 bits per heavy atom. The van der Waals surface area contributed by atoms with Crippen molar-refractivity contribution in [3.05, 3.63) is 0 Å². The van der Waals surface area contributed by atoms with E-state index >= 15 is 0 Å². The van der Waals surface area contributed by atoms with E-state index in [2.05, 4.69) is 19.6 Å². The molecule has 0 amide bonds. The number of carboxylic acid groups (broad SMARTS) is 1. The fourth-order valence-corrected chi connectivity index (χ4v) is 1.87. The molecule has 0 saturated carbocycles. The van der Waals surface area contributed by atoms with Crippen molar-refractivity contribution in [3.63, 3.8) is 0 Å². The predicted molar refractivity (Wildman–Crippen MR) is 52.6 cm³/mol. The second-order valence-corrected chi connectivity index (χ2v) is 4.36. The van der Waals surface area contributed by atoms with Gasteiger partial charge in [-0.05, 0) is 17.9 Å². The summed E-state index contributed by atoms with van der Waals surface area (Å²) in [4.78, 5) is 10.2. The van der Waals surface area contributed by atoms with Gasteiger partial charge in [0.25, 0.3) is 0 Å². The Balaban J connectivity index is 3.22. The van der Waals surface area contributed by atoms with E-state index in [1.807, 2.05) is 11.8 Å². The SMILES string of the molecule is CCSCCC(S)CC(=O)O. The highest BCUT2D eigenvalue weighted by Gasteiger charge is 2.07. The smallest absolute Gasteiger partial charge is 0.304 e. The van der Waals surface area contributed by atoms with E-state index in [4.69, 9.17) is 5.11 Å². The summed E-state index contributed by atoms with van der Waals surface area (Å²) in [6.45, 7) is 2.09. The average Bonchev–Trinajstić information content (AvgIpc) is 1.86. The molecule has 0 bridgehead atoms. The highest BCUT2D eigenvalue weighted by atomic mass is 32.2. The van der Waals surface area contributed by atoms with E-state index in [1.165, 1.54) is 0 Å². The van der Waals surface area contributed by atoms with Gasteiger partial charge < -0.3 is 5.11 Å². The fourth-order valence-electron chi connectivity index (χ4n) is 0.667. The molecule has 0 radical (unpaired) electrons.